The Bertz CT molecular complexity index is 633. The molecule has 0 aliphatic heterocycles. The molecule has 1 unspecified atom stereocenters. The Labute approximate surface area is 176 Å². The molecule has 2 rings (SSSR count). The number of aliphatic hydroxyl groups is 1. The van der Waals surface area contributed by atoms with Gasteiger partial charge in [0.05, 0.1) is 6.61 Å². The Balaban J connectivity index is 0.00000338. The Morgan fingerprint density at radius 1 is 0.815 bits per heavy atom. The molecule has 0 radical (unpaired) electrons. The average Bonchev–Trinajstić information content (AvgIpc) is 2.61. The molecule has 5 heteroatoms. The van der Waals surface area contributed by atoms with E-state index in [1.807, 2.05) is 13.8 Å². The van der Waals surface area contributed by atoms with Crippen molar-refractivity contribution in [1.82, 2.24) is 10.6 Å². The van der Waals surface area contributed by atoms with Gasteiger partial charge in [0, 0.05) is 23.7 Å². The lowest BCUT2D eigenvalue weighted by Gasteiger charge is -2.36. The van der Waals surface area contributed by atoms with E-state index < -0.39 is 0 Å². The van der Waals surface area contributed by atoms with Crippen LogP contribution in [-0.4, -0.2) is 29.3 Å². The quantitative estimate of drug-likeness (QED) is 0.566. The summed E-state index contributed by atoms with van der Waals surface area (Å²) in [4.78, 5) is 0. The van der Waals surface area contributed by atoms with Gasteiger partial charge in [0.15, 0.2) is 0 Å². The third-order valence-corrected chi connectivity index (χ3v) is 4.45. The Morgan fingerprint density at radius 3 is 1.85 bits per heavy atom. The second-order valence-electron chi connectivity index (χ2n) is 8.08. The van der Waals surface area contributed by atoms with Crippen molar-refractivity contribution < 1.29 is 5.11 Å². The van der Waals surface area contributed by atoms with Crippen LogP contribution in [0.3, 0.4) is 0 Å². The van der Waals surface area contributed by atoms with Crippen LogP contribution in [0.15, 0.2) is 60.7 Å². The Kier molecular flexibility index (Phi) is 11.2. The summed E-state index contributed by atoms with van der Waals surface area (Å²) >= 11 is 0. The summed E-state index contributed by atoms with van der Waals surface area (Å²) in [7, 11) is 0. The largest absolute Gasteiger partial charge is 0.394 e. The van der Waals surface area contributed by atoms with Crippen molar-refractivity contribution >= 4 is 24.8 Å². The molecule has 3 N–H and O–H groups in total. The number of benzene rings is 2. The second-order valence-corrected chi connectivity index (χ2v) is 8.08. The molecule has 0 spiro atoms. The molecule has 0 saturated carbocycles. The van der Waals surface area contributed by atoms with Crippen LogP contribution < -0.4 is 10.6 Å². The molecule has 0 bridgehead atoms. The van der Waals surface area contributed by atoms with Gasteiger partial charge in [-0.3, -0.25) is 0 Å². The monoisotopic (exact) mass is 412 g/mol. The van der Waals surface area contributed by atoms with Gasteiger partial charge in [-0.15, -0.1) is 24.8 Å². The number of rotatable bonds is 9. The van der Waals surface area contributed by atoms with Crippen LogP contribution in [-0.2, 0) is 6.42 Å². The van der Waals surface area contributed by atoms with E-state index in [9.17, 15) is 5.11 Å². The van der Waals surface area contributed by atoms with Gasteiger partial charge < -0.3 is 15.7 Å². The summed E-state index contributed by atoms with van der Waals surface area (Å²) in [5.41, 5.74) is 2.23. The van der Waals surface area contributed by atoms with Gasteiger partial charge in [-0.1, -0.05) is 60.7 Å². The highest BCUT2D eigenvalue weighted by Crippen LogP contribution is 2.21. The molecule has 0 fully saturated rings. The zero-order valence-corrected chi connectivity index (χ0v) is 18.4. The maximum atomic E-state index is 9.46. The fourth-order valence-corrected chi connectivity index (χ4v) is 2.83. The van der Waals surface area contributed by atoms with E-state index in [0.29, 0.717) is 0 Å². The van der Waals surface area contributed by atoms with Crippen molar-refractivity contribution in [3.05, 3.63) is 71.8 Å². The zero-order valence-electron chi connectivity index (χ0n) is 16.7. The zero-order chi connectivity index (χ0) is 18.3. The molecule has 3 nitrogen and oxygen atoms in total. The summed E-state index contributed by atoms with van der Waals surface area (Å²) in [5.74, 6) is 0. The fraction of sp³-hybridized carbons (Fsp3) is 0.455. The fourth-order valence-electron chi connectivity index (χ4n) is 2.83. The molecule has 0 aliphatic carbocycles. The number of hydrogen-bond donors (Lipinski definition) is 3. The van der Waals surface area contributed by atoms with Gasteiger partial charge in [-0.05, 0) is 45.2 Å². The van der Waals surface area contributed by atoms with Crippen LogP contribution >= 0.6 is 24.8 Å². The Hall–Kier alpha value is -1.10. The first-order valence-corrected chi connectivity index (χ1v) is 9.04. The standard InChI is InChI=1S/C22H32N2O.2ClH/c1-21(2,16-23-22(3,4)17-25)24-20(19-13-9-6-10-14-19)15-18-11-7-5-8-12-18;;/h5-14,20,23-25H,15-17H2,1-4H3;2*1H. The highest BCUT2D eigenvalue weighted by Gasteiger charge is 2.26. The second kappa shape index (κ2) is 11.7. The number of hydrogen-bond acceptors (Lipinski definition) is 3. The lowest BCUT2D eigenvalue weighted by molar-refractivity contribution is 0.174. The predicted octanol–water partition coefficient (Wildman–Crippen LogP) is 4.54. The first-order chi connectivity index (χ1) is 11.8. The number of nitrogens with one attached hydrogen (secondary N) is 2. The molecule has 2 aromatic carbocycles. The van der Waals surface area contributed by atoms with Crippen LogP contribution in [0.5, 0.6) is 0 Å². The lowest BCUT2D eigenvalue weighted by Crippen LogP contribution is -2.55. The van der Waals surface area contributed by atoms with Crippen LogP contribution in [0.25, 0.3) is 0 Å². The molecular formula is C22H34Cl2N2O. The third kappa shape index (κ3) is 9.09. The van der Waals surface area contributed by atoms with E-state index in [0.717, 1.165) is 13.0 Å². The van der Waals surface area contributed by atoms with Gasteiger partial charge in [0.1, 0.15) is 0 Å². The first-order valence-electron chi connectivity index (χ1n) is 9.04. The van der Waals surface area contributed by atoms with E-state index in [4.69, 9.17) is 0 Å². The van der Waals surface area contributed by atoms with E-state index in [1.54, 1.807) is 0 Å². The molecular weight excluding hydrogens is 379 g/mol. The molecule has 1 atom stereocenters. The van der Waals surface area contributed by atoms with Gasteiger partial charge in [-0.2, -0.15) is 0 Å². The van der Waals surface area contributed by atoms with E-state index >= 15 is 0 Å². The summed E-state index contributed by atoms with van der Waals surface area (Å²) in [6.07, 6.45) is 0.942. The van der Waals surface area contributed by atoms with E-state index in [-0.39, 0.29) is 48.5 Å². The highest BCUT2D eigenvalue weighted by atomic mass is 35.5. The SMILES string of the molecule is CC(C)(CO)NCC(C)(C)NC(Cc1ccccc1)c1ccccc1.Cl.Cl. The van der Waals surface area contributed by atoms with Crippen molar-refractivity contribution in [1.29, 1.82) is 0 Å². The molecule has 152 valence electrons. The van der Waals surface area contributed by atoms with Crippen molar-refractivity contribution in [3.8, 4) is 0 Å². The number of halogens is 2. The maximum absolute atomic E-state index is 9.46. The molecule has 0 aromatic heterocycles. The highest BCUT2D eigenvalue weighted by molar-refractivity contribution is 5.85. The topological polar surface area (TPSA) is 44.3 Å². The maximum Gasteiger partial charge on any atom is 0.0607 e. The number of aliphatic hydroxyl groups excluding tert-OH is 1. The lowest BCUT2D eigenvalue weighted by atomic mass is 9.94. The van der Waals surface area contributed by atoms with Gasteiger partial charge in [-0.25, -0.2) is 0 Å². The Morgan fingerprint density at radius 2 is 1.33 bits per heavy atom. The minimum absolute atomic E-state index is 0. The van der Waals surface area contributed by atoms with Gasteiger partial charge >= 0.3 is 0 Å². The average molecular weight is 413 g/mol. The normalized spacial score (nSPS) is 12.6. The van der Waals surface area contributed by atoms with Crippen LogP contribution in [0.2, 0.25) is 0 Å². The van der Waals surface area contributed by atoms with Crippen molar-refractivity contribution in [2.75, 3.05) is 13.2 Å². The minimum atomic E-state index is -0.277. The third-order valence-electron chi connectivity index (χ3n) is 4.45. The summed E-state index contributed by atoms with van der Waals surface area (Å²) in [6.45, 7) is 9.33. The van der Waals surface area contributed by atoms with Gasteiger partial charge in [0.25, 0.3) is 0 Å². The van der Waals surface area contributed by atoms with Crippen LogP contribution in [0.1, 0.15) is 44.9 Å². The molecule has 27 heavy (non-hydrogen) atoms. The van der Waals surface area contributed by atoms with E-state index in [2.05, 4.69) is 85.1 Å². The van der Waals surface area contributed by atoms with E-state index in [1.165, 1.54) is 11.1 Å². The summed E-state index contributed by atoms with van der Waals surface area (Å²) < 4.78 is 0. The van der Waals surface area contributed by atoms with Gasteiger partial charge in [0.2, 0.25) is 0 Å². The smallest absolute Gasteiger partial charge is 0.0607 e. The summed E-state index contributed by atoms with van der Waals surface area (Å²) in [5, 5.41) is 16.7. The minimum Gasteiger partial charge on any atom is -0.394 e. The molecule has 2 aromatic rings. The van der Waals surface area contributed by atoms with Crippen LogP contribution in [0.4, 0.5) is 0 Å². The molecule has 0 saturated heterocycles. The first kappa shape index (κ1) is 25.9. The van der Waals surface area contributed by atoms with Crippen molar-refractivity contribution in [2.45, 2.75) is 51.2 Å². The molecule has 0 amide bonds. The molecule has 0 heterocycles. The van der Waals surface area contributed by atoms with Crippen molar-refractivity contribution in [3.63, 3.8) is 0 Å². The predicted molar refractivity (Wildman–Crippen MR) is 120 cm³/mol. The summed E-state index contributed by atoms with van der Waals surface area (Å²) in [6, 6.07) is 21.4. The molecule has 0 aliphatic rings. The van der Waals surface area contributed by atoms with Crippen LogP contribution in [0, 0.1) is 0 Å². The van der Waals surface area contributed by atoms with Crippen molar-refractivity contribution in [2.24, 2.45) is 0 Å².